The normalized spacial score (nSPS) is 13.1. The Morgan fingerprint density at radius 1 is 0.548 bits per heavy atom. The van der Waals surface area contributed by atoms with Gasteiger partial charge in [-0.2, -0.15) is 0 Å². The molecule has 0 saturated carbocycles. The van der Waals surface area contributed by atoms with E-state index in [1.54, 1.807) is 0 Å². The van der Waals surface area contributed by atoms with Gasteiger partial charge in [-0.1, -0.05) is 91.0 Å². The monoisotopic (exact) mass is 416 g/mol. The van der Waals surface area contributed by atoms with Crippen LogP contribution in [0.5, 0.6) is 0 Å². The molecule has 0 aliphatic heterocycles. The van der Waals surface area contributed by atoms with Crippen LogP contribution in [0.1, 0.15) is 23.1 Å². The van der Waals surface area contributed by atoms with Gasteiger partial charge in [-0.25, -0.2) is 0 Å². The molecule has 5 N–H and O–H groups in total. The molecular weight excluding hydrogens is 380 g/mol. The molecule has 0 fully saturated rings. The third kappa shape index (κ3) is 9.03. The van der Waals surface area contributed by atoms with Gasteiger partial charge in [0.25, 0.3) is 0 Å². The molecule has 0 aliphatic rings. The number of benzene rings is 3. The Hall–Kier alpha value is -2.50. The fourth-order valence-electron chi connectivity index (χ4n) is 3.73. The fourth-order valence-corrected chi connectivity index (χ4v) is 3.73. The van der Waals surface area contributed by atoms with Crippen molar-refractivity contribution in [3.63, 3.8) is 0 Å². The lowest BCUT2D eigenvalue weighted by atomic mass is 9.96. The molecule has 3 aromatic rings. The van der Waals surface area contributed by atoms with Crippen LogP contribution in [0.25, 0.3) is 0 Å². The summed E-state index contributed by atoms with van der Waals surface area (Å²) in [6.07, 6.45) is 1.04. The van der Waals surface area contributed by atoms with Gasteiger partial charge in [0, 0.05) is 32.2 Å². The molecule has 2 atom stereocenters. The Balaban J connectivity index is 1.44. The Bertz CT molecular complexity index is 824. The maximum atomic E-state index is 6.62. The first-order chi connectivity index (χ1) is 15.3. The van der Waals surface area contributed by atoms with Crippen LogP contribution in [0.4, 0.5) is 0 Å². The lowest BCUT2D eigenvalue weighted by Gasteiger charge is -2.25. The summed E-state index contributed by atoms with van der Waals surface area (Å²) in [6, 6.07) is 31.7. The van der Waals surface area contributed by atoms with Crippen molar-refractivity contribution < 1.29 is 0 Å². The Morgan fingerprint density at radius 3 is 1.45 bits per heavy atom. The highest BCUT2D eigenvalue weighted by Crippen LogP contribution is 2.08. The zero-order valence-electron chi connectivity index (χ0n) is 18.3. The summed E-state index contributed by atoms with van der Waals surface area (Å²) in [4.78, 5) is 0. The first-order valence-corrected chi connectivity index (χ1v) is 11.3. The number of hydrogen-bond donors (Lipinski definition) is 4. The molecule has 3 rings (SSSR count). The van der Waals surface area contributed by atoms with Crippen molar-refractivity contribution in [1.29, 1.82) is 0 Å². The quantitative estimate of drug-likeness (QED) is 0.303. The standard InChI is InChI=1S/C27H36N4/c28-27(22-31-20-25-14-8-3-9-15-25)26(21-30-19-24-12-6-2-7-13-24)16-17-29-18-23-10-4-1-5-11-23/h1-15,26-27,29-31H,16-22,28H2. The SMILES string of the molecule is NC(CNCc1ccccc1)C(CCNCc1ccccc1)CNCc1ccccc1. The van der Waals surface area contributed by atoms with E-state index >= 15 is 0 Å². The summed E-state index contributed by atoms with van der Waals surface area (Å²) < 4.78 is 0. The molecule has 31 heavy (non-hydrogen) atoms. The number of hydrogen-bond acceptors (Lipinski definition) is 4. The van der Waals surface area contributed by atoms with E-state index in [1.165, 1.54) is 16.7 Å². The summed E-state index contributed by atoms with van der Waals surface area (Å²) in [5, 5.41) is 10.7. The Morgan fingerprint density at radius 2 is 0.968 bits per heavy atom. The van der Waals surface area contributed by atoms with E-state index in [0.717, 1.165) is 45.7 Å². The molecule has 2 unspecified atom stereocenters. The van der Waals surface area contributed by atoms with Crippen molar-refractivity contribution in [2.45, 2.75) is 32.1 Å². The van der Waals surface area contributed by atoms with Crippen LogP contribution in [0, 0.1) is 5.92 Å². The Kier molecular flexibility index (Phi) is 10.3. The minimum absolute atomic E-state index is 0.102. The molecule has 0 bridgehead atoms. The average Bonchev–Trinajstić information content (AvgIpc) is 2.82. The molecule has 4 nitrogen and oxygen atoms in total. The van der Waals surface area contributed by atoms with E-state index in [1.807, 2.05) is 6.07 Å². The van der Waals surface area contributed by atoms with E-state index in [9.17, 15) is 0 Å². The van der Waals surface area contributed by atoms with Crippen LogP contribution in [0.15, 0.2) is 91.0 Å². The topological polar surface area (TPSA) is 62.1 Å². The summed E-state index contributed by atoms with van der Waals surface area (Å²) in [5.41, 5.74) is 10.5. The summed E-state index contributed by atoms with van der Waals surface area (Å²) in [6.45, 7) is 5.30. The van der Waals surface area contributed by atoms with Crippen molar-refractivity contribution in [2.75, 3.05) is 19.6 Å². The van der Waals surface area contributed by atoms with Gasteiger partial charge in [-0.05, 0) is 42.1 Å². The minimum atomic E-state index is 0.102. The molecular formula is C27H36N4. The molecule has 0 spiro atoms. The van der Waals surface area contributed by atoms with E-state index in [0.29, 0.717) is 5.92 Å². The maximum absolute atomic E-state index is 6.62. The minimum Gasteiger partial charge on any atom is -0.326 e. The van der Waals surface area contributed by atoms with E-state index < -0.39 is 0 Å². The molecule has 0 saturated heterocycles. The van der Waals surface area contributed by atoms with Crippen LogP contribution in [-0.4, -0.2) is 25.7 Å². The van der Waals surface area contributed by atoms with Crippen LogP contribution in [-0.2, 0) is 19.6 Å². The molecule has 0 aromatic heterocycles. The molecule has 4 heteroatoms. The third-order valence-corrected chi connectivity index (χ3v) is 5.60. The molecule has 0 heterocycles. The lowest BCUT2D eigenvalue weighted by molar-refractivity contribution is 0.351. The second kappa shape index (κ2) is 13.7. The van der Waals surface area contributed by atoms with Crippen LogP contribution < -0.4 is 21.7 Å². The van der Waals surface area contributed by atoms with Gasteiger partial charge >= 0.3 is 0 Å². The third-order valence-electron chi connectivity index (χ3n) is 5.60. The van der Waals surface area contributed by atoms with Crippen molar-refractivity contribution in [2.24, 2.45) is 11.7 Å². The van der Waals surface area contributed by atoms with Gasteiger partial charge < -0.3 is 21.7 Å². The highest BCUT2D eigenvalue weighted by Gasteiger charge is 2.17. The van der Waals surface area contributed by atoms with E-state index in [-0.39, 0.29) is 6.04 Å². The average molecular weight is 417 g/mol. The van der Waals surface area contributed by atoms with Gasteiger partial charge in [0.1, 0.15) is 0 Å². The zero-order valence-corrected chi connectivity index (χ0v) is 18.3. The smallest absolute Gasteiger partial charge is 0.0206 e. The molecule has 0 aliphatic carbocycles. The molecule has 3 aromatic carbocycles. The van der Waals surface area contributed by atoms with Crippen LogP contribution in [0.2, 0.25) is 0 Å². The number of nitrogens with one attached hydrogen (secondary N) is 3. The predicted octanol–water partition coefficient (Wildman–Crippen LogP) is 3.69. The molecule has 0 radical (unpaired) electrons. The predicted molar refractivity (Wildman–Crippen MR) is 131 cm³/mol. The lowest BCUT2D eigenvalue weighted by Crippen LogP contribution is -2.44. The van der Waals surface area contributed by atoms with Crippen molar-refractivity contribution in [1.82, 2.24) is 16.0 Å². The molecule has 0 amide bonds. The Labute approximate surface area is 187 Å². The van der Waals surface area contributed by atoms with Crippen LogP contribution in [0.3, 0.4) is 0 Å². The van der Waals surface area contributed by atoms with Gasteiger partial charge in [0.05, 0.1) is 0 Å². The van der Waals surface area contributed by atoms with Gasteiger partial charge in [0.2, 0.25) is 0 Å². The van der Waals surface area contributed by atoms with Crippen molar-refractivity contribution >= 4 is 0 Å². The highest BCUT2D eigenvalue weighted by molar-refractivity contribution is 5.15. The first-order valence-electron chi connectivity index (χ1n) is 11.3. The summed E-state index contributed by atoms with van der Waals surface area (Å²) in [7, 11) is 0. The van der Waals surface area contributed by atoms with E-state index in [2.05, 4.69) is 101 Å². The summed E-state index contributed by atoms with van der Waals surface area (Å²) in [5.74, 6) is 0.398. The van der Waals surface area contributed by atoms with Gasteiger partial charge in [-0.3, -0.25) is 0 Å². The zero-order chi connectivity index (χ0) is 21.6. The summed E-state index contributed by atoms with van der Waals surface area (Å²) >= 11 is 0. The number of rotatable bonds is 14. The largest absolute Gasteiger partial charge is 0.326 e. The highest BCUT2D eigenvalue weighted by atomic mass is 14.9. The first kappa shape index (κ1) is 23.2. The van der Waals surface area contributed by atoms with Crippen molar-refractivity contribution in [3.05, 3.63) is 108 Å². The van der Waals surface area contributed by atoms with E-state index in [4.69, 9.17) is 5.73 Å². The van der Waals surface area contributed by atoms with Gasteiger partial charge in [-0.15, -0.1) is 0 Å². The van der Waals surface area contributed by atoms with Gasteiger partial charge in [0.15, 0.2) is 0 Å². The second-order valence-electron chi connectivity index (χ2n) is 8.11. The second-order valence-corrected chi connectivity index (χ2v) is 8.11. The fraction of sp³-hybridized carbons (Fsp3) is 0.333. The van der Waals surface area contributed by atoms with Crippen LogP contribution >= 0.6 is 0 Å². The van der Waals surface area contributed by atoms with Crippen molar-refractivity contribution in [3.8, 4) is 0 Å². The molecule has 164 valence electrons. The number of nitrogens with two attached hydrogens (primary N) is 1. The maximum Gasteiger partial charge on any atom is 0.0206 e.